The third-order valence-corrected chi connectivity index (χ3v) is 5.20. The lowest BCUT2D eigenvalue weighted by atomic mass is 10.0. The van der Waals surface area contributed by atoms with Gasteiger partial charge in [0.15, 0.2) is 0 Å². The third kappa shape index (κ3) is 2.55. The van der Waals surface area contributed by atoms with E-state index in [0.717, 1.165) is 12.1 Å². The van der Waals surface area contributed by atoms with Gasteiger partial charge in [-0.2, -0.15) is 4.31 Å². The Labute approximate surface area is 106 Å². The predicted molar refractivity (Wildman–Crippen MR) is 64.9 cm³/mol. The monoisotopic (exact) mass is 273 g/mol. The van der Waals surface area contributed by atoms with Crippen molar-refractivity contribution in [2.24, 2.45) is 5.92 Å². The molecule has 1 aliphatic heterocycles. The molecule has 1 N–H and O–H groups in total. The van der Waals surface area contributed by atoms with Crippen LogP contribution in [0, 0.1) is 11.7 Å². The van der Waals surface area contributed by atoms with E-state index in [1.807, 2.05) is 0 Å². The van der Waals surface area contributed by atoms with Crippen molar-refractivity contribution >= 4 is 10.0 Å². The lowest BCUT2D eigenvalue weighted by molar-refractivity contribution is 0.133. The molecule has 0 amide bonds. The number of halogens is 1. The van der Waals surface area contributed by atoms with Crippen molar-refractivity contribution in [1.29, 1.82) is 0 Å². The molecule has 0 spiro atoms. The minimum absolute atomic E-state index is 0.0276. The molecule has 1 aromatic carbocycles. The molecule has 18 heavy (non-hydrogen) atoms. The highest BCUT2D eigenvalue weighted by atomic mass is 32.2. The third-order valence-electron chi connectivity index (χ3n) is 3.32. The van der Waals surface area contributed by atoms with E-state index in [1.165, 1.54) is 16.4 Å². The smallest absolute Gasteiger partial charge is 0.243 e. The number of sulfonamides is 1. The van der Waals surface area contributed by atoms with Crippen LogP contribution in [0.1, 0.15) is 13.3 Å². The van der Waals surface area contributed by atoms with E-state index in [9.17, 15) is 17.9 Å². The highest BCUT2D eigenvalue weighted by Crippen LogP contribution is 2.26. The molecule has 2 unspecified atom stereocenters. The van der Waals surface area contributed by atoms with Crippen LogP contribution >= 0.6 is 0 Å². The van der Waals surface area contributed by atoms with Crippen LogP contribution in [0.5, 0.6) is 0 Å². The second-order valence-corrected chi connectivity index (χ2v) is 6.54. The van der Waals surface area contributed by atoms with Crippen LogP contribution in [-0.4, -0.2) is 37.0 Å². The topological polar surface area (TPSA) is 57.6 Å². The summed E-state index contributed by atoms with van der Waals surface area (Å²) < 4.78 is 38.6. The molecule has 1 aliphatic rings. The fourth-order valence-electron chi connectivity index (χ4n) is 2.12. The zero-order valence-electron chi connectivity index (χ0n) is 10.1. The van der Waals surface area contributed by atoms with Gasteiger partial charge < -0.3 is 5.11 Å². The van der Waals surface area contributed by atoms with Crippen LogP contribution in [0.15, 0.2) is 29.2 Å². The molecule has 0 saturated carbocycles. The van der Waals surface area contributed by atoms with Gasteiger partial charge in [0, 0.05) is 13.1 Å². The van der Waals surface area contributed by atoms with Crippen LogP contribution in [0.25, 0.3) is 0 Å². The second-order valence-electron chi connectivity index (χ2n) is 4.61. The largest absolute Gasteiger partial charge is 0.393 e. The molecule has 1 heterocycles. The van der Waals surface area contributed by atoms with Crippen molar-refractivity contribution in [3.05, 3.63) is 30.1 Å². The van der Waals surface area contributed by atoms with Gasteiger partial charge >= 0.3 is 0 Å². The lowest BCUT2D eigenvalue weighted by Gasteiger charge is -2.17. The number of hydrogen-bond acceptors (Lipinski definition) is 3. The Morgan fingerprint density at radius 1 is 1.39 bits per heavy atom. The minimum atomic E-state index is -3.57. The van der Waals surface area contributed by atoms with Crippen LogP contribution in [0.4, 0.5) is 4.39 Å². The Morgan fingerprint density at radius 3 is 2.50 bits per heavy atom. The summed E-state index contributed by atoms with van der Waals surface area (Å²) in [6.07, 6.45) is 0.136. The fraction of sp³-hybridized carbons (Fsp3) is 0.500. The first-order valence-electron chi connectivity index (χ1n) is 5.85. The van der Waals surface area contributed by atoms with Crippen LogP contribution < -0.4 is 0 Å². The number of benzene rings is 1. The van der Waals surface area contributed by atoms with Gasteiger partial charge in [-0.05, 0) is 43.5 Å². The summed E-state index contributed by atoms with van der Waals surface area (Å²) in [5, 5.41) is 9.47. The maximum absolute atomic E-state index is 12.8. The molecule has 1 aromatic rings. The van der Waals surface area contributed by atoms with Crippen LogP contribution in [-0.2, 0) is 10.0 Å². The van der Waals surface area contributed by atoms with Crippen molar-refractivity contribution in [1.82, 2.24) is 4.31 Å². The number of rotatable bonds is 3. The van der Waals surface area contributed by atoms with Gasteiger partial charge in [0.1, 0.15) is 5.82 Å². The Bertz CT molecular complexity index is 513. The molecular formula is C12H16FNO3S. The van der Waals surface area contributed by atoms with E-state index < -0.39 is 21.9 Å². The van der Waals surface area contributed by atoms with E-state index in [0.29, 0.717) is 19.5 Å². The normalized spacial score (nSPS) is 23.2. The molecule has 1 saturated heterocycles. The van der Waals surface area contributed by atoms with E-state index in [-0.39, 0.29) is 10.8 Å². The van der Waals surface area contributed by atoms with Gasteiger partial charge in [-0.3, -0.25) is 0 Å². The first-order chi connectivity index (χ1) is 8.41. The summed E-state index contributed by atoms with van der Waals surface area (Å²) >= 11 is 0. The molecule has 0 bridgehead atoms. The van der Waals surface area contributed by atoms with Crippen LogP contribution in [0.2, 0.25) is 0 Å². The van der Waals surface area contributed by atoms with E-state index >= 15 is 0 Å². The molecule has 2 atom stereocenters. The van der Waals surface area contributed by atoms with Gasteiger partial charge in [-0.15, -0.1) is 0 Å². The molecule has 1 fully saturated rings. The number of hydrogen-bond donors (Lipinski definition) is 1. The standard InChI is InChI=1S/C12H16FNO3S/c1-9(15)10-6-7-14(8-10)18(16,17)12-4-2-11(13)3-5-12/h2-5,9-10,15H,6-8H2,1H3. The summed E-state index contributed by atoms with van der Waals surface area (Å²) in [6.45, 7) is 2.38. The Hall–Kier alpha value is -0.980. The van der Waals surface area contributed by atoms with Gasteiger partial charge in [0.2, 0.25) is 10.0 Å². The summed E-state index contributed by atoms with van der Waals surface area (Å²) in [4.78, 5) is 0.0927. The zero-order valence-corrected chi connectivity index (χ0v) is 10.9. The average Bonchev–Trinajstić information content (AvgIpc) is 2.79. The second kappa shape index (κ2) is 4.95. The molecule has 0 aliphatic carbocycles. The SMILES string of the molecule is CC(O)C1CCN(S(=O)(=O)c2ccc(F)cc2)C1. The van der Waals surface area contributed by atoms with Crippen molar-refractivity contribution in [2.75, 3.05) is 13.1 Å². The van der Waals surface area contributed by atoms with Crippen molar-refractivity contribution in [2.45, 2.75) is 24.3 Å². The number of aliphatic hydroxyl groups excluding tert-OH is 1. The van der Waals surface area contributed by atoms with Gasteiger partial charge in [0.25, 0.3) is 0 Å². The maximum Gasteiger partial charge on any atom is 0.243 e. The first-order valence-corrected chi connectivity index (χ1v) is 7.29. The van der Waals surface area contributed by atoms with E-state index in [1.54, 1.807) is 6.92 Å². The predicted octanol–water partition coefficient (Wildman–Crippen LogP) is 1.22. The first kappa shape index (κ1) is 13.5. The highest BCUT2D eigenvalue weighted by molar-refractivity contribution is 7.89. The van der Waals surface area contributed by atoms with Crippen molar-refractivity contribution in [3.63, 3.8) is 0 Å². The average molecular weight is 273 g/mol. The molecule has 6 heteroatoms. The summed E-state index contributed by atoms with van der Waals surface area (Å²) in [6, 6.07) is 4.80. The Balaban J connectivity index is 2.20. The minimum Gasteiger partial charge on any atom is -0.393 e. The Morgan fingerprint density at radius 2 is 2.00 bits per heavy atom. The highest BCUT2D eigenvalue weighted by Gasteiger charge is 2.34. The number of aliphatic hydroxyl groups is 1. The summed E-state index contributed by atoms with van der Waals surface area (Å²) in [5.74, 6) is -0.488. The van der Waals surface area contributed by atoms with E-state index in [4.69, 9.17) is 0 Å². The van der Waals surface area contributed by atoms with E-state index in [2.05, 4.69) is 0 Å². The Kier molecular flexibility index (Phi) is 3.70. The summed E-state index contributed by atoms with van der Waals surface area (Å²) in [5.41, 5.74) is 0. The fourth-order valence-corrected chi connectivity index (χ4v) is 3.63. The lowest BCUT2D eigenvalue weighted by Crippen LogP contribution is -2.30. The molecular weight excluding hydrogens is 257 g/mol. The van der Waals surface area contributed by atoms with Crippen molar-refractivity contribution in [3.8, 4) is 0 Å². The van der Waals surface area contributed by atoms with Gasteiger partial charge in [-0.25, -0.2) is 12.8 Å². The zero-order chi connectivity index (χ0) is 13.3. The molecule has 2 rings (SSSR count). The van der Waals surface area contributed by atoms with Crippen molar-refractivity contribution < 1.29 is 17.9 Å². The number of nitrogens with zero attached hydrogens (tertiary/aromatic N) is 1. The molecule has 0 radical (unpaired) electrons. The van der Waals surface area contributed by atoms with Crippen LogP contribution in [0.3, 0.4) is 0 Å². The van der Waals surface area contributed by atoms with Gasteiger partial charge in [-0.1, -0.05) is 0 Å². The van der Waals surface area contributed by atoms with Gasteiger partial charge in [0.05, 0.1) is 11.0 Å². The molecule has 0 aromatic heterocycles. The molecule has 4 nitrogen and oxygen atoms in total. The molecule has 100 valence electrons. The summed E-state index contributed by atoms with van der Waals surface area (Å²) in [7, 11) is -3.57. The maximum atomic E-state index is 12.8. The quantitative estimate of drug-likeness (QED) is 0.900.